The van der Waals surface area contributed by atoms with Gasteiger partial charge in [-0.2, -0.15) is 0 Å². The van der Waals surface area contributed by atoms with Crippen LogP contribution in [-0.4, -0.2) is 12.6 Å². The van der Waals surface area contributed by atoms with Crippen LogP contribution < -0.4 is 5.32 Å². The van der Waals surface area contributed by atoms with Crippen LogP contribution in [0.5, 0.6) is 0 Å². The summed E-state index contributed by atoms with van der Waals surface area (Å²) in [5.41, 5.74) is 1.34. The summed E-state index contributed by atoms with van der Waals surface area (Å²) in [6.07, 6.45) is 5.07. The third-order valence-corrected chi connectivity index (χ3v) is 2.78. The molecule has 1 aromatic carbocycles. The van der Waals surface area contributed by atoms with Gasteiger partial charge >= 0.3 is 0 Å². The van der Waals surface area contributed by atoms with Gasteiger partial charge in [0.15, 0.2) is 0 Å². The predicted octanol–water partition coefficient (Wildman–Crippen LogP) is 3.02. The molecule has 14 heavy (non-hydrogen) atoms. The number of aryl methyl sites for hydroxylation is 1. The van der Waals surface area contributed by atoms with Gasteiger partial charge in [0.1, 0.15) is 0 Å². The second-order valence-electron chi connectivity index (χ2n) is 3.96. The van der Waals surface area contributed by atoms with Crippen molar-refractivity contribution in [2.45, 2.75) is 31.7 Å². The molecule has 2 heteroatoms. The van der Waals surface area contributed by atoms with Crippen molar-refractivity contribution in [2.75, 3.05) is 6.54 Å². The fraction of sp³-hybridized carbons (Fsp3) is 0.500. The van der Waals surface area contributed by atoms with E-state index in [1.54, 1.807) is 0 Å². The van der Waals surface area contributed by atoms with Gasteiger partial charge < -0.3 is 5.32 Å². The highest BCUT2D eigenvalue weighted by molar-refractivity contribution is 6.30. The van der Waals surface area contributed by atoms with Crippen molar-refractivity contribution in [3.63, 3.8) is 0 Å². The van der Waals surface area contributed by atoms with E-state index in [4.69, 9.17) is 11.6 Å². The third kappa shape index (κ3) is 3.32. The quantitative estimate of drug-likeness (QED) is 0.736. The van der Waals surface area contributed by atoms with Gasteiger partial charge in [-0.05, 0) is 49.9 Å². The number of rotatable bonds is 5. The predicted molar refractivity (Wildman–Crippen MR) is 60.8 cm³/mol. The van der Waals surface area contributed by atoms with Crippen molar-refractivity contribution in [1.29, 1.82) is 0 Å². The average Bonchev–Trinajstić information content (AvgIpc) is 2.96. The normalized spacial score (nSPS) is 15.8. The molecule has 0 unspecified atom stereocenters. The SMILES string of the molecule is Clc1cccc(CCCNC2CC2)c1. The van der Waals surface area contributed by atoms with E-state index in [0.717, 1.165) is 24.0 Å². The lowest BCUT2D eigenvalue weighted by atomic mass is 10.1. The lowest BCUT2D eigenvalue weighted by Crippen LogP contribution is -2.17. The van der Waals surface area contributed by atoms with Crippen molar-refractivity contribution in [3.05, 3.63) is 34.9 Å². The van der Waals surface area contributed by atoms with E-state index in [-0.39, 0.29) is 0 Å². The molecule has 76 valence electrons. The third-order valence-electron chi connectivity index (χ3n) is 2.54. The Morgan fingerprint density at radius 3 is 2.93 bits per heavy atom. The molecule has 0 spiro atoms. The molecule has 0 aromatic heterocycles. The van der Waals surface area contributed by atoms with Crippen LogP contribution in [0.1, 0.15) is 24.8 Å². The molecule has 1 nitrogen and oxygen atoms in total. The molecule has 0 atom stereocenters. The molecule has 0 heterocycles. The Bertz CT molecular complexity index is 294. The smallest absolute Gasteiger partial charge is 0.0408 e. The van der Waals surface area contributed by atoms with Crippen LogP contribution in [0.25, 0.3) is 0 Å². The maximum atomic E-state index is 5.90. The summed E-state index contributed by atoms with van der Waals surface area (Å²) in [6.45, 7) is 1.14. The summed E-state index contributed by atoms with van der Waals surface area (Å²) < 4.78 is 0. The maximum Gasteiger partial charge on any atom is 0.0408 e. The lowest BCUT2D eigenvalue weighted by Gasteiger charge is -2.03. The molecule has 1 aliphatic carbocycles. The van der Waals surface area contributed by atoms with E-state index in [1.165, 1.54) is 24.8 Å². The fourth-order valence-electron chi connectivity index (χ4n) is 1.58. The Morgan fingerprint density at radius 1 is 1.36 bits per heavy atom. The molecule has 1 N–H and O–H groups in total. The van der Waals surface area contributed by atoms with Crippen LogP contribution in [0.4, 0.5) is 0 Å². The molecule has 0 radical (unpaired) electrons. The van der Waals surface area contributed by atoms with Crippen molar-refractivity contribution < 1.29 is 0 Å². The van der Waals surface area contributed by atoms with Crippen LogP contribution in [0.15, 0.2) is 24.3 Å². The Balaban J connectivity index is 1.68. The first-order valence-electron chi connectivity index (χ1n) is 5.32. The Hall–Kier alpha value is -0.530. The van der Waals surface area contributed by atoms with E-state index < -0.39 is 0 Å². The van der Waals surface area contributed by atoms with Crippen LogP contribution in [0, 0.1) is 0 Å². The minimum Gasteiger partial charge on any atom is -0.314 e. The van der Waals surface area contributed by atoms with Gasteiger partial charge in [-0.3, -0.25) is 0 Å². The highest BCUT2D eigenvalue weighted by Crippen LogP contribution is 2.18. The van der Waals surface area contributed by atoms with Gasteiger partial charge in [0.05, 0.1) is 0 Å². The maximum absolute atomic E-state index is 5.90. The zero-order chi connectivity index (χ0) is 9.80. The molecule has 1 saturated carbocycles. The first-order chi connectivity index (χ1) is 6.84. The highest BCUT2D eigenvalue weighted by atomic mass is 35.5. The Kier molecular flexibility index (Phi) is 3.44. The average molecular weight is 210 g/mol. The highest BCUT2D eigenvalue weighted by Gasteiger charge is 2.19. The summed E-state index contributed by atoms with van der Waals surface area (Å²) in [4.78, 5) is 0. The van der Waals surface area contributed by atoms with Crippen molar-refractivity contribution in [2.24, 2.45) is 0 Å². The standard InChI is InChI=1S/C12H16ClN/c13-11-5-1-3-10(9-11)4-2-8-14-12-6-7-12/h1,3,5,9,12,14H,2,4,6-8H2. The summed E-state index contributed by atoms with van der Waals surface area (Å²) >= 11 is 5.90. The Labute approximate surface area is 90.5 Å². The van der Waals surface area contributed by atoms with Crippen molar-refractivity contribution >= 4 is 11.6 Å². The summed E-state index contributed by atoms with van der Waals surface area (Å²) in [7, 11) is 0. The molecule has 0 saturated heterocycles. The summed E-state index contributed by atoms with van der Waals surface area (Å²) in [6, 6.07) is 8.97. The summed E-state index contributed by atoms with van der Waals surface area (Å²) in [5.74, 6) is 0. The zero-order valence-corrected chi connectivity index (χ0v) is 9.06. The van der Waals surface area contributed by atoms with Crippen molar-refractivity contribution in [1.82, 2.24) is 5.32 Å². The van der Waals surface area contributed by atoms with Crippen LogP contribution >= 0.6 is 11.6 Å². The van der Waals surface area contributed by atoms with E-state index in [0.29, 0.717) is 0 Å². The fourth-order valence-corrected chi connectivity index (χ4v) is 1.79. The topological polar surface area (TPSA) is 12.0 Å². The number of hydrogen-bond donors (Lipinski definition) is 1. The molecule has 1 aliphatic rings. The largest absolute Gasteiger partial charge is 0.314 e. The molecule has 0 amide bonds. The van der Waals surface area contributed by atoms with Crippen molar-refractivity contribution in [3.8, 4) is 0 Å². The lowest BCUT2D eigenvalue weighted by molar-refractivity contribution is 0.645. The molecular formula is C12H16ClN. The molecule has 0 aliphatic heterocycles. The number of benzene rings is 1. The molecule has 2 rings (SSSR count). The van der Waals surface area contributed by atoms with Crippen LogP contribution in [0.3, 0.4) is 0 Å². The van der Waals surface area contributed by atoms with Gasteiger partial charge in [0, 0.05) is 11.1 Å². The van der Waals surface area contributed by atoms with Gasteiger partial charge in [-0.15, -0.1) is 0 Å². The van der Waals surface area contributed by atoms with Gasteiger partial charge in [-0.1, -0.05) is 23.7 Å². The number of halogens is 1. The van der Waals surface area contributed by atoms with Gasteiger partial charge in [0.2, 0.25) is 0 Å². The summed E-state index contributed by atoms with van der Waals surface area (Å²) in [5, 5.41) is 4.35. The van der Waals surface area contributed by atoms with Gasteiger partial charge in [-0.25, -0.2) is 0 Å². The molecule has 0 bridgehead atoms. The zero-order valence-electron chi connectivity index (χ0n) is 8.30. The second-order valence-corrected chi connectivity index (χ2v) is 4.40. The number of hydrogen-bond acceptors (Lipinski definition) is 1. The van der Waals surface area contributed by atoms with E-state index in [9.17, 15) is 0 Å². The molecule has 1 fully saturated rings. The monoisotopic (exact) mass is 209 g/mol. The van der Waals surface area contributed by atoms with Crippen LogP contribution in [-0.2, 0) is 6.42 Å². The minimum absolute atomic E-state index is 0.828. The van der Waals surface area contributed by atoms with Gasteiger partial charge in [0.25, 0.3) is 0 Å². The van der Waals surface area contributed by atoms with E-state index in [1.807, 2.05) is 12.1 Å². The first-order valence-corrected chi connectivity index (χ1v) is 5.70. The Morgan fingerprint density at radius 2 is 2.21 bits per heavy atom. The first kappa shape index (κ1) is 10.0. The van der Waals surface area contributed by atoms with E-state index >= 15 is 0 Å². The minimum atomic E-state index is 0.828. The van der Waals surface area contributed by atoms with E-state index in [2.05, 4.69) is 17.4 Å². The second kappa shape index (κ2) is 4.81. The number of nitrogens with one attached hydrogen (secondary N) is 1. The molecule has 1 aromatic rings. The van der Waals surface area contributed by atoms with Crippen LogP contribution in [0.2, 0.25) is 5.02 Å². The molecular weight excluding hydrogens is 194 g/mol.